The van der Waals surface area contributed by atoms with Crippen LogP contribution in [0.15, 0.2) is 18.2 Å². The van der Waals surface area contributed by atoms with E-state index in [-0.39, 0.29) is 12.0 Å². The number of hydrogen-bond acceptors (Lipinski definition) is 4. The number of phenolic OH excluding ortho intramolecular Hbond substituents is 1. The van der Waals surface area contributed by atoms with Crippen LogP contribution >= 0.6 is 0 Å². The number of carbonyl (C=O) groups is 1. The van der Waals surface area contributed by atoms with Crippen LogP contribution in [0.5, 0.6) is 5.75 Å². The van der Waals surface area contributed by atoms with Gasteiger partial charge in [-0.2, -0.15) is 0 Å². The molecule has 0 aliphatic rings. The van der Waals surface area contributed by atoms with E-state index in [0.29, 0.717) is 0 Å². The Bertz CT molecular complexity index is 499. The molecule has 17 heavy (non-hydrogen) atoms. The second-order valence-corrected chi connectivity index (χ2v) is 3.20. The highest BCUT2D eigenvalue weighted by molar-refractivity contribution is 5.76. The number of nitro groups is 1. The molecule has 0 saturated carbocycles. The van der Waals surface area contributed by atoms with Gasteiger partial charge in [0, 0.05) is 12.5 Å². The van der Waals surface area contributed by atoms with Crippen molar-refractivity contribution in [1.82, 2.24) is 0 Å². The molecular weight excluding hydrogens is 231 g/mol. The second kappa shape index (κ2) is 5.06. The van der Waals surface area contributed by atoms with Gasteiger partial charge in [0.25, 0.3) is 0 Å². The molecule has 0 aromatic heterocycles. The lowest BCUT2D eigenvalue weighted by Crippen LogP contribution is -2.07. The molecule has 1 amide bonds. The molecule has 1 rings (SSSR count). The zero-order valence-electron chi connectivity index (χ0n) is 8.59. The smallest absolute Gasteiger partial charge is 0.314 e. The number of rotatable bonds is 4. The fraction of sp³-hybridized carbons (Fsp3) is 0.100. The molecule has 0 aliphatic carbocycles. The largest absolute Gasteiger partial charge is 0.500 e. The molecule has 6 nitrogen and oxygen atoms in total. The summed E-state index contributed by atoms with van der Waals surface area (Å²) in [5.41, 5.74) is 4.30. The summed E-state index contributed by atoms with van der Waals surface area (Å²) in [7, 11) is 0. The first-order chi connectivity index (χ1) is 7.91. The summed E-state index contributed by atoms with van der Waals surface area (Å²) >= 11 is 0. The Morgan fingerprint density at radius 1 is 1.59 bits per heavy atom. The molecule has 3 N–H and O–H groups in total. The van der Waals surface area contributed by atoms with Crippen LogP contribution in [0.25, 0.3) is 6.08 Å². The first kappa shape index (κ1) is 12.6. The van der Waals surface area contributed by atoms with Gasteiger partial charge in [0.1, 0.15) is 0 Å². The summed E-state index contributed by atoms with van der Waals surface area (Å²) in [5, 5.41) is 19.6. The van der Waals surface area contributed by atoms with Crippen molar-refractivity contribution in [2.75, 3.05) is 0 Å². The van der Waals surface area contributed by atoms with E-state index in [1.54, 1.807) is 0 Å². The average molecular weight is 240 g/mol. The number of primary amides is 1. The zero-order chi connectivity index (χ0) is 13.0. The number of hydrogen-bond donors (Lipinski definition) is 2. The maximum Gasteiger partial charge on any atom is 0.314 e. The van der Waals surface area contributed by atoms with Crippen LogP contribution < -0.4 is 5.73 Å². The SMILES string of the molecule is NC(=O)CC=Cc1cc(F)c(O)c([N+](=O)[O-])c1. The number of aromatic hydroxyl groups is 1. The molecular formula is C10H9FN2O4. The molecule has 1 aromatic carbocycles. The lowest BCUT2D eigenvalue weighted by Gasteiger charge is -1.99. The van der Waals surface area contributed by atoms with Crippen molar-refractivity contribution in [3.05, 3.63) is 39.7 Å². The third-order valence-corrected chi connectivity index (χ3v) is 1.89. The third-order valence-electron chi connectivity index (χ3n) is 1.89. The van der Waals surface area contributed by atoms with Crippen molar-refractivity contribution in [3.8, 4) is 5.75 Å². The summed E-state index contributed by atoms with van der Waals surface area (Å²) in [6.45, 7) is 0. The van der Waals surface area contributed by atoms with Crippen molar-refractivity contribution < 1.29 is 19.2 Å². The maximum atomic E-state index is 13.1. The number of nitrogens with two attached hydrogens (primary N) is 1. The van der Waals surface area contributed by atoms with Crippen LogP contribution in [0.3, 0.4) is 0 Å². The predicted molar refractivity (Wildman–Crippen MR) is 57.6 cm³/mol. The highest BCUT2D eigenvalue weighted by atomic mass is 19.1. The van der Waals surface area contributed by atoms with Crippen molar-refractivity contribution >= 4 is 17.7 Å². The van der Waals surface area contributed by atoms with E-state index in [4.69, 9.17) is 10.8 Å². The van der Waals surface area contributed by atoms with Gasteiger partial charge in [-0.05, 0) is 11.6 Å². The van der Waals surface area contributed by atoms with Gasteiger partial charge in [-0.25, -0.2) is 4.39 Å². The maximum absolute atomic E-state index is 13.1. The normalized spacial score (nSPS) is 10.6. The molecule has 0 bridgehead atoms. The van der Waals surface area contributed by atoms with Crippen LogP contribution in [0, 0.1) is 15.9 Å². The first-order valence-corrected chi connectivity index (χ1v) is 4.53. The van der Waals surface area contributed by atoms with Gasteiger partial charge in [0.15, 0.2) is 5.82 Å². The summed E-state index contributed by atoms with van der Waals surface area (Å²) in [6, 6.07) is 1.91. The minimum Gasteiger partial charge on any atom is -0.500 e. The van der Waals surface area contributed by atoms with Crippen molar-refractivity contribution in [2.45, 2.75) is 6.42 Å². The molecule has 1 aromatic rings. The van der Waals surface area contributed by atoms with Crippen molar-refractivity contribution in [2.24, 2.45) is 5.73 Å². The average Bonchev–Trinajstić information content (AvgIpc) is 2.22. The van der Waals surface area contributed by atoms with Crippen LogP contribution in [0.1, 0.15) is 12.0 Å². The number of carbonyl (C=O) groups excluding carboxylic acids is 1. The molecule has 0 spiro atoms. The molecule has 0 saturated heterocycles. The van der Waals surface area contributed by atoms with Crippen LogP contribution in [0.4, 0.5) is 10.1 Å². The zero-order valence-corrected chi connectivity index (χ0v) is 8.59. The van der Waals surface area contributed by atoms with Gasteiger partial charge < -0.3 is 10.8 Å². The Balaban J connectivity index is 3.06. The van der Waals surface area contributed by atoms with Crippen LogP contribution in [-0.2, 0) is 4.79 Å². The predicted octanol–water partition coefficient (Wildman–Crippen LogP) is 1.33. The molecule has 0 fully saturated rings. The van der Waals surface area contributed by atoms with E-state index in [2.05, 4.69) is 0 Å². The Labute approximate surface area is 95.3 Å². The Hall–Kier alpha value is -2.44. The van der Waals surface area contributed by atoms with Gasteiger partial charge in [-0.1, -0.05) is 12.2 Å². The minimum absolute atomic E-state index is 0.0592. The van der Waals surface area contributed by atoms with Gasteiger partial charge in [0.05, 0.1) is 4.92 Å². The van der Waals surface area contributed by atoms with Crippen LogP contribution in [-0.4, -0.2) is 15.9 Å². The van der Waals surface area contributed by atoms with Gasteiger partial charge in [-0.3, -0.25) is 14.9 Å². The van der Waals surface area contributed by atoms with Gasteiger partial charge >= 0.3 is 5.69 Å². The van der Waals surface area contributed by atoms with E-state index in [1.807, 2.05) is 0 Å². The molecule has 90 valence electrons. The standard InChI is InChI=1S/C10H9FN2O4/c11-7-4-6(2-1-3-9(12)14)5-8(10(7)15)13(16)17/h1-2,4-5,15H,3H2,(H2,12,14). The number of phenols is 1. The number of halogens is 1. The van der Waals surface area contributed by atoms with Crippen molar-refractivity contribution in [3.63, 3.8) is 0 Å². The molecule has 0 aliphatic heterocycles. The minimum atomic E-state index is -1.10. The van der Waals surface area contributed by atoms with E-state index in [0.717, 1.165) is 12.1 Å². The Kier molecular flexibility index (Phi) is 3.76. The van der Waals surface area contributed by atoms with E-state index in [1.165, 1.54) is 12.2 Å². The van der Waals surface area contributed by atoms with Crippen LogP contribution in [0.2, 0.25) is 0 Å². The van der Waals surface area contributed by atoms with E-state index < -0.39 is 28.1 Å². The fourth-order valence-electron chi connectivity index (χ4n) is 1.15. The van der Waals surface area contributed by atoms with Crippen molar-refractivity contribution in [1.29, 1.82) is 0 Å². The lowest BCUT2D eigenvalue weighted by atomic mass is 10.1. The highest BCUT2D eigenvalue weighted by Crippen LogP contribution is 2.30. The summed E-state index contributed by atoms with van der Waals surface area (Å²) in [6.07, 6.45) is 2.59. The quantitative estimate of drug-likeness (QED) is 0.611. The molecule has 0 unspecified atom stereocenters. The highest BCUT2D eigenvalue weighted by Gasteiger charge is 2.18. The van der Waals surface area contributed by atoms with E-state index in [9.17, 15) is 19.3 Å². The summed E-state index contributed by atoms with van der Waals surface area (Å²) in [4.78, 5) is 20.0. The molecule has 0 radical (unpaired) electrons. The Morgan fingerprint density at radius 3 is 2.76 bits per heavy atom. The summed E-state index contributed by atoms with van der Waals surface area (Å²) in [5.74, 6) is -2.69. The second-order valence-electron chi connectivity index (χ2n) is 3.20. The van der Waals surface area contributed by atoms with Gasteiger partial charge in [0.2, 0.25) is 11.7 Å². The fourth-order valence-corrected chi connectivity index (χ4v) is 1.15. The molecule has 0 heterocycles. The van der Waals surface area contributed by atoms with Gasteiger partial charge in [-0.15, -0.1) is 0 Å². The Morgan fingerprint density at radius 2 is 2.24 bits per heavy atom. The third kappa shape index (κ3) is 3.26. The summed E-state index contributed by atoms with van der Waals surface area (Å²) < 4.78 is 13.1. The molecule has 0 atom stereocenters. The number of benzene rings is 1. The molecule has 7 heteroatoms. The lowest BCUT2D eigenvalue weighted by molar-refractivity contribution is -0.386. The monoisotopic (exact) mass is 240 g/mol. The number of amides is 1. The first-order valence-electron chi connectivity index (χ1n) is 4.53. The topological polar surface area (TPSA) is 106 Å². The number of nitro benzene ring substituents is 1. The van der Waals surface area contributed by atoms with E-state index >= 15 is 0 Å². The number of nitrogens with zero attached hydrogens (tertiary/aromatic N) is 1.